The highest BCUT2D eigenvalue weighted by Gasteiger charge is 2.37. The van der Waals surface area contributed by atoms with E-state index in [2.05, 4.69) is 5.32 Å². The molecule has 2 aromatic rings. The predicted molar refractivity (Wildman–Crippen MR) is 129 cm³/mol. The fourth-order valence-corrected chi connectivity index (χ4v) is 5.23. The number of halogens is 3. The number of nitrogens with zero attached hydrogens (tertiary/aromatic N) is 1. The van der Waals surface area contributed by atoms with Crippen molar-refractivity contribution >= 4 is 23.5 Å². The summed E-state index contributed by atoms with van der Waals surface area (Å²) in [5.74, 6) is -2.42. The van der Waals surface area contributed by atoms with Crippen molar-refractivity contribution in [3.05, 3.63) is 58.4 Å². The molecule has 198 valence electrons. The van der Waals surface area contributed by atoms with Crippen molar-refractivity contribution in [2.45, 2.75) is 63.8 Å². The molecule has 0 saturated carbocycles. The Kier molecular flexibility index (Phi) is 7.47. The van der Waals surface area contributed by atoms with E-state index in [1.807, 2.05) is 13.8 Å². The second-order valence-corrected chi connectivity index (χ2v) is 10.1. The fourth-order valence-electron chi connectivity index (χ4n) is 5.23. The fraction of sp³-hybridized carbons (Fsp3) is 0.444. The lowest BCUT2D eigenvalue weighted by atomic mass is 9.86. The summed E-state index contributed by atoms with van der Waals surface area (Å²) < 4.78 is 45.2. The number of nitrogens with one attached hydrogen (secondary N) is 1. The average Bonchev–Trinajstić information content (AvgIpc) is 3.14. The minimum absolute atomic E-state index is 0.120. The number of benzene rings is 2. The van der Waals surface area contributed by atoms with E-state index >= 15 is 0 Å². The van der Waals surface area contributed by atoms with Crippen molar-refractivity contribution in [3.63, 3.8) is 0 Å². The van der Waals surface area contributed by atoms with E-state index in [1.54, 1.807) is 18.2 Å². The molecule has 0 aromatic heterocycles. The van der Waals surface area contributed by atoms with Crippen LogP contribution in [0.1, 0.15) is 61.4 Å². The first kappa shape index (κ1) is 26.5. The van der Waals surface area contributed by atoms with E-state index in [-0.39, 0.29) is 36.2 Å². The molecule has 0 saturated heterocycles. The van der Waals surface area contributed by atoms with Gasteiger partial charge in [-0.3, -0.25) is 14.4 Å². The van der Waals surface area contributed by atoms with E-state index in [1.165, 1.54) is 17.0 Å². The molecule has 1 aliphatic carbocycles. The topological polar surface area (TPSA) is 95.9 Å². The number of aliphatic carboxylic acids is 1. The summed E-state index contributed by atoms with van der Waals surface area (Å²) in [6, 6.07) is 6.46. The van der Waals surface area contributed by atoms with Crippen LogP contribution >= 0.6 is 0 Å². The first-order valence-electron chi connectivity index (χ1n) is 12.1. The molecule has 0 radical (unpaired) electrons. The number of anilines is 1. The SMILES string of the molecule is CC1(C)CCc2cc(NC(=O)[C@H]3c4ccc(OCC(F)F)cc4CCN3C(=O)CCC(=O)O)cc(F)c21. The molecule has 2 N–H and O–H groups in total. The van der Waals surface area contributed by atoms with Gasteiger partial charge < -0.3 is 20.1 Å². The number of carbonyl (C=O) groups is 3. The van der Waals surface area contributed by atoms with Gasteiger partial charge in [-0.25, -0.2) is 13.2 Å². The molecule has 1 heterocycles. The summed E-state index contributed by atoms with van der Waals surface area (Å²) in [6.07, 6.45) is -1.53. The van der Waals surface area contributed by atoms with Gasteiger partial charge in [-0.1, -0.05) is 19.9 Å². The quantitative estimate of drug-likeness (QED) is 0.532. The van der Waals surface area contributed by atoms with Crippen molar-refractivity contribution < 1.29 is 37.4 Å². The summed E-state index contributed by atoms with van der Waals surface area (Å²) in [6.45, 7) is 3.29. The molecule has 1 atom stereocenters. The molecule has 37 heavy (non-hydrogen) atoms. The molecule has 0 spiro atoms. The Morgan fingerprint density at radius 1 is 1.14 bits per heavy atom. The number of ether oxygens (including phenoxy) is 1. The molecule has 10 heteroatoms. The van der Waals surface area contributed by atoms with E-state index in [4.69, 9.17) is 9.84 Å². The van der Waals surface area contributed by atoms with Crippen molar-refractivity contribution in [2.24, 2.45) is 0 Å². The molecular formula is C27H29F3N2O5. The van der Waals surface area contributed by atoms with Crippen molar-refractivity contribution in [3.8, 4) is 5.75 Å². The van der Waals surface area contributed by atoms with Crippen molar-refractivity contribution in [1.82, 2.24) is 4.90 Å². The van der Waals surface area contributed by atoms with Crippen LogP contribution in [0.15, 0.2) is 30.3 Å². The van der Waals surface area contributed by atoms with Crippen LogP contribution in [0.2, 0.25) is 0 Å². The Labute approximate surface area is 212 Å². The predicted octanol–water partition coefficient (Wildman–Crippen LogP) is 4.62. The zero-order valence-corrected chi connectivity index (χ0v) is 20.7. The maximum Gasteiger partial charge on any atom is 0.303 e. The van der Waals surface area contributed by atoms with Gasteiger partial charge in [0.2, 0.25) is 5.91 Å². The van der Waals surface area contributed by atoms with E-state index in [0.717, 1.165) is 12.0 Å². The van der Waals surface area contributed by atoms with E-state index in [9.17, 15) is 27.6 Å². The lowest BCUT2D eigenvalue weighted by Crippen LogP contribution is -2.45. The van der Waals surface area contributed by atoms with Crippen molar-refractivity contribution in [2.75, 3.05) is 18.5 Å². The highest BCUT2D eigenvalue weighted by Crippen LogP contribution is 2.41. The minimum Gasteiger partial charge on any atom is -0.488 e. The normalized spacial score (nSPS) is 17.8. The molecule has 0 bridgehead atoms. The molecule has 0 fully saturated rings. The largest absolute Gasteiger partial charge is 0.488 e. The monoisotopic (exact) mass is 518 g/mol. The van der Waals surface area contributed by atoms with Gasteiger partial charge in [0.15, 0.2) is 0 Å². The van der Waals surface area contributed by atoms with Crippen LogP contribution in [0.5, 0.6) is 5.75 Å². The lowest BCUT2D eigenvalue weighted by Gasteiger charge is -2.36. The number of carbonyl (C=O) groups excluding carboxylic acids is 2. The van der Waals surface area contributed by atoms with Crippen LogP contribution in [-0.4, -0.2) is 47.4 Å². The van der Waals surface area contributed by atoms with Gasteiger partial charge in [0.05, 0.1) is 6.42 Å². The van der Waals surface area contributed by atoms with Crippen LogP contribution in [-0.2, 0) is 32.6 Å². The Hall–Kier alpha value is -3.56. The third kappa shape index (κ3) is 5.73. The zero-order chi connectivity index (χ0) is 26.9. The van der Waals surface area contributed by atoms with Gasteiger partial charge in [0, 0.05) is 18.7 Å². The Bertz CT molecular complexity index is 1230. The third-order valence-corrected chi connectivity index (χ3v) is 6.98. The van der Waals surface area contributed by atoms with Gasteiger partial charge >= 0.3 is 5.97 Å². The summed E-state index contributed by atoms with van der Waals surface area (Å²) >= 11 is 0. The maximum absolute atomic E-state index is 15.0. The van der Waals surface area contributed by atoms with Gasteiger partial charge in [-0.15, -0.1) is 0 Å². The van der Waals surface area contributed by atoms with Crippen LogP contribution in [0, 0.1) is 5.82 Å². The summed E-state index contributed by atoms with van der Waals surface area (Å²) in [5.41, 5.74) is 2.54. The van der Waals surface area contributed by atoms with Gasteiger partial charge in [0.1, 0.15) is 24.2 Å². The summed E-state index contributed by atoms with van der Waals surface area (Å²) in [5, 5.41) is 11.7. The summed E-state index contributed by atoms with van der Waals surface area (Å²) in [7, 11) is 0. The molecule has 2 aromatic carbocycles. The number of hydrogen-bond donors (Lipinski definition) is 2. The number of carboxylic acid groups (broad SMARTS) is 1. The van der Waals surface area contributed by atoms with Crippen LogP contribution in [0.4, 0.5) is 18.9 Å². The second-order valence-electron chi connectivity index (χ2n) is 10.1. The first-order valence-corrected chi connectivity index (χ1v) is 12.1. The van der Waals surface area contributed by atoms with Crippen LogP contribution in [0.25, 0.3) is 0 Å². The Balaban J connectivity index is 1.64. The number of amides is 2. The zero-order valence-electron chi connectivity index (χ0n) is 20.7. The average molecular weight is 519 g/mol. The molecule has 0 unspecified atom stereocenters. The lowest BCUT2D eigenvalue weighted by molar-refractivity contribution is -0.143. The highest BCUT2D eigenvalue weighted by molar-refractivity contribution is 5.98. The third-order valence-electron chi connectivity index (χ3n) is 6.98. The molecule has 7 nitrogen and oxygen atoms in total. The molecule has 2 amide bonds. The maximum atomic E-state index is 15.0. The van der Waals surface area contributed by atoms with Gasteiger partial charge in [-0.2, -0.15) is 0 Å². The number of alkyl halides is 2. The standard InChI is InChI=1S/C27H29F3N2O5/c1-27(2)9-7-16-11-17(13-20(28)24(16)27)31-26(36)25-19-4-3-18(37-14-21(29)30)12-15(19)8-10-32(25)22(33)5-6-23(34)35/h3-4,11-13,21,25H,5-10,14H2,1-2H3,(H,31,36)(H,34,35)/t25-/m1/s1. The number of rotatable bonds is 8. The van der Waals surface area contributed by atoms with E-state index < -0.39 is 42.7 Å². The number of fused-ring (bicyclic) bond motifs is 2. The molecule has 4 rings (SSSR count). The second kappa shape index (κ2) is 10.4. The molecule has 1 aliphatic heterocycles. The Morgan fingerprint density at radius 2 is 1.89 bits per heavy atom. The highest BCUT2D eigenvalue weighted by atomic mass is 19.3. The number of aryl methyl sites for hydroxylation is 1. The van der Waals surface area contributed by atoms with Crippen LogP contribution in [0.3, 0.4) is 0 Å². The minimum atomic E-state index is -2.64. The number of hydrogen-bond acceptors (Lipinski definition) is 4. The Morgan fingerprint density at radius 3 is 2.59 bits per heavy atom. The summed E-state index contributed by atoms with van der Waals surface area (Å²) in [4.78, 5) is 38.8. The molecule has 2 aliphatic rings. The van der Waals surface area contributed by atoms with Crippen molar-refractivity contribution in [1.29, 1.82) is 0 Å². The van der Waals surface area contributed by atoms with Gasteiger partial charge in [-0.05, 0) is 71.2 Å². The number of carboxylic acids is 1. The smallest absolute Gasteiger partial charge is 0.303 e. The molecular weight excluding hydrogens is 489 g/mol. The van der Waals surface area contributed by atoms with E-state index in [0.29, 0.717) is 29.5 Å². The van der Waals surface area contributed by atoms with Crippen LogP contribution < -0.4 is 10.1 Å². The first-order chi connectivity index (χ1) is 17.5. The van der Waals surface area contributed by atoms with Gasteiger partial charge in [0.25, 0.3) is 12.3 Å².